The van der Waals surface area contributed by atoms with Crippen LogP contribution in [-0.4, -0.2) is 5.91 Å². The largest absolute Gasteiger partial charge is 0.457 e. The molecule has 1 amide bonds. The molecule has 5 nitrogen and oxygen atoms in total. The lowest BCUT2D eigenvalue weighted by Crippen LogP contribution is -2.45. The van der Waals surface area contributed by atoms with Gasteiger partial charge in [0.05, 0.1) is 5.03 Å². The maximum Gasteiger partial charge on any atom is 0.266 e. The average molecular weight is 422 g/mol. The van der Waals surface area contributed by atoms with E-state index in [1.54, 1.807) is 23.1 Å². The highest BCUT2D eigenvalue weighted by molar-refractivity contribution is 7.84. The van der Waals surface area contributed by atoms with E-state index in [0.717, 1.165) is 16.8 Å². The van der Waals surface area contributed by atoms with Crippen LogP contribution in [0.5, 0.6) is 0 Å². The van der Waals surface area contributed by atoms with Crippen LogP contribution in [0.25, 0.3) is 11.3 Å². The Kier molecular flexibility index (Phi) is 5.10. The second-order valence-electron chi connectivity index (χ2n) is 6.61. The van der Waals surface area contributed by atoms with Crippen LogP contribution in [0.2, 0.25) is 5.02 Å². The van der Waals surface area contributed by atoms with Crippen LogP contribution >= 0.6 is 24.2 Å². The fraction of sp³-hybridized carbons (Fsp3) is 0.0909. The summed E-state index contributed by atoms with van der Waals surface area (Å²) in [4.78, 5) is 14.2. The first-order valence-corrected chi connectivity index (χ1v) is 9.66. The van der Waals surface area contributed by atoms with Gasteiger partial charge in [0.15, 0.2) is 6.17 Å². The third kappa shape index (κ3) is 3.63. The van der Waals surface area contributed by atoms with Gasteiger partial charge in [-0.05, 0) is 48.9 Å². The van der Waals surface area contributed by atoms with Crippen LogP contribution < -0.4 is 10.2 Å². The quantitative estimate of drug-likeness (QED) is 0.569. The number of nitrogens with one attached hydrogen (secondary N) is 1. The van der Waals surface area contributed by atoms with E-state index in [1.807, 2.05) is 55.5 Å². The smallest absolute Gasteiger partial charge is 0.266 e. The predicted molar refractivity (Wildman–Crippen MR) is 115 cm³/mol. The molecule has 4 rings (SSSR count). The third-order valence-corrected chi connectivity index (χ3v) is 5.28. The van der Waals surface area contributed by atoms with Crippen LogP contribution in [0.15, 0.2) is 75.7 Å². The van der Waals surface area contributed by atoms with Crippen molar-refractivity contribution in [1.82, 2.24) is 5.32 Å². The van der Waals surface area contributed by atoms with Gasteiger partial charge in [0.1, 0.15) is 23.2 Å². The molecule has 2 heterocycles. The number of hydrogen-bond donors (Lipinski definition) is 2. The number of furan rings is 1. The highest BCUT2D eigenvalue weighted by Gasteiger charge is 2.35. The van der Waals surface area contributed by atoms with Gasteiger partial charge in [0.25, 0.3) is 5.91 Å². The monoisotopic (exact) mass is 421 g/mol. The third-order valence-electron chi connectivity index (χ3n) is 4.60. The number of amides is 1. The number of carbonyl (C=O) groups excluding carboxylic acids is 1. The van der Waals surface area contributed by atoms with Crippen molar-refractivity contribution in [2.75, 3.05) is 4.90 Å². The molecule has 0 fully saturated rings. The molecule has 1 aliphatic heterocycles. The normalized spacial score (nSPS) is 16.6. The standard InChI is InChI=1S/C22H16ClN3O2S/c1-13-4-2-7-16(10-13)26-20(25-21(27)17(12-24)22(26)29)19-9-8-18(28-19)14-5-3-6-15(23)11-14/h2-11,20,29H,1H3,(H,25,27). The maximum atomic E-state index is 12.5. The number of halogens is 1. The molecule has 0 radical (unpaired) electrons. The van der Waals surface area contributed by atoms with Crippen LogP contribution in [0.3, 0.4) is 0 Å². The number of benzene rings is 2. The highest BCUT2D eigenvalue weighted by atomic mass is 35.5. The molecule has 3 aromatic rings. The zero-order chi connectivity index (χ0) is 20.5. The Morgan fingerprint density at radius 2 is 1.97 bits per heavy atom. The zero-order valence-electron chi connectivity index (χ0n) is 15.4. The molecule has 1 atom stereocenters. The molecule has 0 saturated heterocycles. The summed E-state index contributed by atoms with van der Waals surface area (Å²) in [7, 11) is 0. The van der Waals surface area contributed by atoms with Crippen molar-refractivity contribution in [2.45, 2.75) is 13.1 Å². The van der Waals surface area contributed by atoms with Crippen molar-refractivity contribution >= 4 is 35.8 Å². The molecule has 0 bridgehead atoms. The minimum absolute atomic E-state index is 0.0484. The first kappa shape index (κ1) is 19.2. The summed E-state index contributed by atoms with van der Waals surface area (Å²) in [6.45, 7) is 1.97. The lowest BCUT2D eigenvalue weighted by atomic mass is 10.1. The van der Waals surface area contributed by atoms with Crippen molar-refractivity contribution in [1.29, 1.82) is 5.26 Å². The van der Waals surface area contributed by atoms with Gasteiger partial charge in [-0.25, -0.2) is 0 Å². The van der Waals surface area contributed by atoms with Gasteiger partial charge in [-0.3, -0.25) is 4.79 Å². The molecule has 1 N–H and O–H groups in total. The Hall–Kier alpha value is -3.14. The van der Waals surface area contributed by atoms with Crippen molar-refractivity contribution in [3.05, 3.63) is 87.6 Å². The van der Waals surface area contributed by atoms with Gasteiger partial charge in [-0.15, -0.1) is 12.6 Å². The van der Waals surface area contributed by atoms with Gasteiger partial charge in [0.2, 0.25) is 0 Å². The summed E-state index contributed by atoms with van der Waals surface area (Å²) in [6, 6.07) is 20.6. The molecule has 2 aromatic carbocycles. The van der Waals surface area contributed by atoms with Gasteiger partial charge < -0.3 is 14.6 Å². The van der Waals surface area contributed by atoms with E-state index in [4.69, 9.17) is 16.0 Å². The molecule has 0 aliphatic carbocycles. The summed E-state index contributed by atoms with van der Waals surface area (Å²) in [5.41, 5.74) is 2.60. The summed E-state index contributed by atoms with van der Waals surface area (Å²) in [6.07, 6.45) is -0.651. The number of rotatable bonds is 3. The molecule has 1 aromatic heterocycles. The van der Waals surface area contributed by atoms with E-state index >= 15 is 0 Å². The fourth-order valence-corrected chi connectivity index (χ4v) is 3.82. The van der Waals surface area contributed by atoms with E-state index in [9.17, 15) is 10.1 Å². The fourth-order valence-electron chi connectivity index (χ4n) is 3.25. The molecule has 1 aliphatic rings. The van der Waals surface area contributed by atoms with Gasteiger partial charge in [-0.1, -0.05) is 35.9 Å². The zero-order valence-corrected chi connectivity index (χ0v) is 17.0. The van der Waals surface area contributed by atoms with E-state index in [1.165, 1.54) is 0 Å². The SMILES string of the molecule is Cc1cccc(N2C(S)=C(C#N)C(=O)NC2c2ccc(-c3cccc(Cl)c3)o2)c1. The second-order valence-corrected chi connectivity index (χ2v) is 7.47. The first-order chi connectivity index (χ1) is 14.0. The van der Waals surface area contributed by atoms with E-state index in [-0.39, 0.29) is 10.6 Å². The maximum absolute atomic E-state index is 12.5. The molecule has 1 unspecified atom stereocenters. The minimum Gasteiger partial charge on any atom is -0.457 e. The molecule has 144 valence electrons. The van der Waals surface area contributed by atoms with E-state index < -0.39 is 12.1 Å². The van der Waals surface area contributed by atoms with Crippen LogP contribution in [0, 0.1) is 18.3 Å². The predicted octanol–water partition coefficient (Wildman–Crippen LogP) is 5.21. The van der Waals surface area contributed by atoms with Crippen LogP contribution in [-0.2, 0) is 4.79 Å². The number of thiol groups is 1. The number of nitrogens with zero attached hydrogens (tertiary/aromatic N) is 2. The Morgan fingerprint density at radius 3 is 2.69 bits per heavy atom. The van der Waals surface area contributed by atoms with E-state index in [0.29, 0.717) is 16.5 Å². The molecular formula is C22H16ClN3O2S. The Morgan fingerprint density at radius 1 is 1.17 bits per heavy atom. The van der Waals surface area contributed by atoms with Crippen LogP contribution in [0.4, 0.5) is 5.69 Å². The average Bonchev–Trinajstić information content (AvgIpc) is 3.18. The molecular weight excluding hydrogens is 406 g/mol. The number of nitriles is 1. The number of carbonyl (C=O) groups is 1. The topological polar surface area (TPSA) is 69.3 Å². The van der Waals surface area contributed by atoms with Crippen molar-refractivity contribution < 1.29 is 9.21 Å². The second kappa shape index (κ2) is 7.70. The van der Waals surface area contributed by atoms with Crippen molar-refractivity contribution in [3.8, 4) is 17.4 Å². The number of aryl methyl sites for hydroxylation is 1. The summed E-state index contributed by atoms with van der Waals surface area (Å²) >= 11 is 10.6. The van der Waals surface area contributed by atoms with Crippen molar-refractivity contribution in [3.63, 3.8) is 0 Å². The summed E-state index contributed by atoms with van der Waals surface area (Å²) < 4.78 is 6.06. The van der Waals surface area contributed by atoms with Crippen molar-refractivity contribution in [2.24, 2.45) is 0 Å². The van der Waals surface area contributed by atoms with E-state index in [2.05, 4.69) is 17.9 Å². The molecule has 29 heavy (non-hydrogen) atoms. The van der Waals surface area contributed by atoms with Gasteiger partial charge in [0, 0.05) is 16.3 Å². The lowest BCUT2D eigenvalue weighted by molar-refractivity contribution is -0.118. The van der Waals surface area contributed by atoms with Crippen LogP contribution in [0.1, 0.15) is 17.5 Å². The van der Waals surface area contributed by atoms with Gasteiger partial charge in [-0.2, -0.15) is 5.26 Å². The molecule has 0 saturated carbocycles. The highest BCUT2D eigenvalue weighted by Crippen LogP contribution is 2.37. The van der Waals surface area contributed by atoms with Gasteiger partial charge >= 0.3 is 0 Å². The Balaban J connectivity index is 1.80. The summed E-state index contributed by atoms with van der Waals surface area (Å²) in [5, 5.41) is 13.1. The summed E-state index contributed by atoms with van der Waals surface area (Å²) in [5.74, 6) is 0.641. The molecule has 7 heteroatoms. The Bertz CT molecular complexity index is 1180. The Labute approximate surface area is 178 Å². The minimum atomic E-state index is -0.651. The first-order valence-electron chi connectivity index (χ1n) is 8.83. The number of anilines is 1. The number of hydrogen-bond acceptors (Lipinski definition) is 5. The molecule has 0 spiro atoms. The lowest BCUT2D eigenvalue weighted by Gasteiger charge is -2.36.